The molecule has 3 atom stereocenters. The molecule has 41 heavy (non-hydrogen) atoms. The molecule has 0 spiro atoms. The standard InChI is InChI=1S/C27H32ClF2N7O4/c1-14(16-7-5-9-31-21(16)36-25(39)41-26(2,3)4)32-22-17-19(18(30)20(28)34-23(17)38)33-24(35-22)40-13-27-8-6-10-37(27)12-15(29)11-27/h5,7,9,14-15H,6,8,10-13H2,1-4H3,(H,34,38)(H,31,36,39)(H,32,33,35)/t14-,15-,27+/m1/s1. The number of carbonyl (C=O) groups is 1. The lowest BCUT2D eigenvalue weighted by atomic mass is 9.95. The van der Waals surface area contributed by atoms with Crippen LogP contribution in [0, 0.1) is 5.82 Å². The van der Waals surface area contributed by atoms with Crippen molar-refractivity contribution in [3.8, 4) is 11.9 Å². The molecule has 3 N–H and O–H groups in total. The molecule has 14 heteroatoms. The van der Waals surface area contributed by atoms with Gasteiger partial charge in [-0.3, -0.25) is 10.2 Å². The molecular weight excluding hydrogens is 560 g/mol. The summed E-state index contributed by atoms with van der Waals surface area (Å²) in [6.07, 6.45) is 1.91. The van der Waals surface area contributed by atoms with Gasteiger partial charge in [-0.2, -0.15) is 15.0 Å². The van der Waals surface area contributed by atoms with E-state index in [9.17, 15) is 14.3 Å². The van der Waals surface area contributed by atoms with Gasteiger partial charge in [-0.25, -0.2) is 18.6 Å². The van der Waals surface area contributed by atoms with Crippen LogP contribution in [0.3, 0.4) is 0 Å². The molecule has 2 saturated heterocycles. The van der Waals surface area contributed by atoms with Crippen LogP contribution in [0.5, 0.6) is 11.9 Å². The zero-order chi connectivity index (χ0) is 29.5. The number of pyridine rings is 2. The SMILES string of the molecule is C[C@@H](Nc1nc(OC[C@@]23CCCN2C[C@H](F)C3)nc2c(F)c(Cl)nc(O)c12)c1cccnc1NC(=O)OC(C)(C)C. The minimum absolute atomic E-state index is 0.0145. The number of nitrogens with one attached hydrogen (secondary N) is 2. The molecule has 5 heterocycles. The fourth-order valence-electron chi connectivity index (χ4n) is 5.48. The fraction of sp³-hybridized carbons (Fsp3) is 0.519. The maximum absolute atomic E-state index is 15.1. The summed E-state index contributed by atoms with van der Waals surface area (Å²) < 4.78 is 40.7. The number of fused-ring (bicyclic) bond motifs is 2. The van der Waals surface area contributed by atoms with Crippen molar-refractivity contribution < 1.29 is 28.2 Å². The van der Waals surface area contributed by atoms with Gasteiger partial charge in [-0.15, -0.1) is 0 Å². The van der Waals surface area contributed by atoms with Gasteiger partial charge in [-0.05, 0) is 53.1 Å². The maximum atomic E-state index is 15.1. The van der Waals surface area contributed by atoms with Crippen molar-refractivity contribution in [1.29, 1.82) is 0 Å². The Kier molecular flexibility index (Phi) is 7.77. The number of hydrogen-bond acceptors (Lipinski definition) is 10. The molecule has 11 nitrogen and oxygen atoms in total. The molecule has 220 valence electrons. The lowest BCUT2D eigenvalue weighted by Crippen LogP contribution is -2.43. The second-order valence-corrected chi connectivity index (χ2v) is 11.8. The third-order valence-electron chi connectivity index (χ3n) is 7.21. The minimum Gasteiger partial charge on any atom is -0.493 e. The number of halogens is 3. The quantitative estimate of drug-likeness (QED) is 0.307. The summed E-state index contributed by atoms with van der Waals surface area (Å²) in [5.74, 6) is -1.29. The number of amides is 1. The lowest BCUT2D eigenvalue weighted by molar-refractivity contribution is 0.0635. The first kappa shape index (κ1) is 28.9. The fourth-order valence-corrected chi connectivity index (χ4v) is 5.65. The normalized spacial score (nSPS) is 21.5. The van der Waals surface area contributed by atoms with E-state index in [2.05, 4.69) is 35.5 Å². The number of ether oxygens (including phenoxy) is 2. The van der Waals surface area contributed by atoms with Crippen molar-refractivity contribution in [3.05, 3.63) is 34.9 Å². The van der Waals surface area contributed by atoms with E-state index in [-0.39, 0.29) is 35.2 Å². The van der Waals surface area contributed by atoms with E-state index in [4.69, 9.17) is 21.1 Å². The Hall–Kier alpha value is -3.58. The summed E-state index contributed by atoms with van der Waals surface area (Å²) in [7, 11) is 0. The van der Waals surface area contributed by atoms with Gasteiger partial charge < -0.3 is 19.9 Å². The van der Waals surface area contributed by atoms with Crippen LogP contribution in [0.15, 0.2) is 18.3 Å². The van der Waals surface area contributed by atoms with Crippen LogP contribution in [-0.2, 0) is 4.74 Å². The van der Waals surface area contributed by atoms with Gasteiger partial charge >= 0.3 is 12.1 Å². The van der Waals surface area contributed by atoms with Gasteiger partial charge in [0.2, 0.25) is 5.88 Å². The number of aromatic hydroxyl groups is 1. The Morgan fingerprint density at radius 2 is 2.10 bits per heavy atom. The first-order valence-electron chi connectivity index (χ1n) is 13.3. The lowest BCUT2D eigenvalue weighted by Gasteiger charge is -2.30. The van der Waals surface area contributed by atoms with E-state index in [0.29, 0.717) is 18.5 Å². The van der Waals surface area contributed by atoms with Gasteiger partial charge in [-0.1, -0.05) is 17.7 Å². The highest BCUT2D eigenvalue weighted by Crippen LogP contribution is 2.41. The molecule has 2 aliphatic rings. The van der Waals surface area contributed by atoms with Crippen LogP contribution >= 0.6 is 11.6 Å². The number of hydrogen-bond donors (Lipinski definition) is 3. The Morgan fingerprint density at radius 1 is 1.32 bits per heavy atom. The summed E-state index contributed by atoms with van der Waals surface area (Å²) in [6, 6.07) is 2.67. The van der Waals surface area contributed by atoms with Crippen LogP contribution in [0.25, 0.3) is 10.9 Å². The molecule has 0 aliphatic carbocycles. The maximum Gasteiger partial charge on any atom is 0.413 e. The highest BCUT2D eigenvalue weighted by molar-refractivity contribution is 6.30. The first-order valence-corrected chi connectivity index (χ1v) is 13.7. The number of carbonyl (C=O) groups excluding carboxylic acids is 1. The predicted molar refractivity (Wildman–Crippen MR) is 149 cm³/mol. The minimum atomic E-state index is -0.957. The Morgan fingerprint density at radius 3 is 2.85 bits per heavy atom. The molecule has 1 amide bonds. The summed E-state index contributed by atoms with van der Waals surface area (Å²) in [5.41, 5.74) is -0.938. The van der Waals surface area contributed by atoms with Gasteiger partial charge in [0, 0.05) is 24.7 Å². The van der Waals surface area contributed by atoms with Gasteiger partial charge in [0.1, 0.15) is 40.9 Å². The second kappa shape index (κ2) is 11.0. The average Bonchev–Trinajstić information content (AvgIpc) is 3.40. The Balaban J connectivity index is 1.46. The third-order valence-corrected chi connectivity index (χ3v) is 7.46. The number of alkyl halides is 1. The van der Waals surface area contributed by atoms with Crippen LogP contribution in [0.1, 0.15) is 58.6 Å². The summed E-state index contributed by atoms with van der Waals surface area (Å²) in [5, 5.41) is 15.7. The molecule has 3 aromatic rings. The van der Waals surface area contributed by atoms with E-state index < -0.39 is 46.3 Å². The van der Waals surface area contributed by atoms with Crippen molar-refractivity contribution in [2.45, 2.75) is 70.3 Å². The van der Waals surface area contributed by atoms with Crippen LogP contribution in [0.2, 0.25) is 5.15 Å². The molecule has 5 rings (SSSR count). The monoisotopic (exact) mass is 591 g/mol. The van der Waals surface area contributed by atoms with E-state index in [0.717, 1.165) is 19.4 Å². The largest absolute Gasteiger partial charge is 0.493 e. The number of anilines is 2. The Bertz CT molecular complexity index is 1470. The molecule has 3 aromatic heterocycles. The molecule has 0 radical (unpaired) electrons. The molecule has 0 aromatic carbocycles. The summed E-state index contributed by atoms with van der Waals surface area (Å²) in [4.78, 5) is 31.0. The van der Waals surface area contributed by atoms with E-state index in [1.54, 1.807) is 39.8 Å². The van der Waals surface area contributed by atoms with Gasteiger partial charge in [0.25, 0.3) is 0 Å². The highest BCUT2D eigenvalue weighted by Gasteiger charge is 2.49. The molecular formula is C27H32ClF2N7O4. The number of nitrogens with zero attached hydrogens (tertiary/aromatic N) is 5. The predicted octanol–water partition coefficient (Wildman–Crippen LogP) is 5.39. The molecule has 0 saturated carbocycles. The molecule has 2 aliphatic heterocycles. The van der Waals surface area contributed by atoms with Crippen LogP contribution in [-0.4, -0.2) is 73.0 Å². The van der Waals surface area contributed by atoms with Gasteiger partial charge in [0.05, 0.1) is 11.6 Å². The first-order chi connectivity index (χ1) is 19.3. The van der Waals surface area contributed by atoms with E-state index in [1.807, 2.05) is 0 Å². The topological polar surface area (TPSA) is 135 Å². The molecule has 0 bridgehead atoms. The smallest absolute Gasteiger partial charge is 0.413 e. The van der Waals surface area contributed by atoms with Crippen molar-refractivity contribution in [2.24, 2.45) is 0 Å². The summed E-state index contributed by atoms with van der Waals surface area (Å²) in [6.45, 7) is 8.24. The molecule has 2 fully saturated rings. The van der Waals surface area contributed by atoms with Crippen molar-refractivity contribution in [1.82, 2.24) is 24.8 Å². The van der Waals surface area contributed by atoms with E-state index in [1.165, 1.54) is 6.20 Å². The van der Waals surface area contributed by atoms with Crippen molar-refractivity contribution >= 4 is 40.2 Å². The average molecular weight is 592 g/mol. The second-order valence-electron chi connectivity index (χ2n) is 11.4. The van der Waals surface area contributed by atoms with E-state index >= 15 is 4.39 Å². The van der Waals surface area contributed by atoms with Crippen molar-refractivity contribution in [3.63, 3.8) is 0 Å². The van der Waals surface area contributed by atoms with Crippen LogP contribution < -0.4 is 15.4 Å². The number of rotatable bonds is 7. The number of aromatic nitrogens is 4. The van der Waals surface area contributed by atoms with Gasteiger partial charge in [0.15, 0.2) is 11.0 Å². The highest BCUT2D eigenvalue weighted by atomic mass is 35.5. The van der Waals surface area contributed by atoms with Crippen molar-refractivity contribution in [2.75, 3.05) is 30.3 Å². The Labute approximate surface area is 240 Å². The zero-order valence-electron chi connectivity index (χ0n) is 23.2. The zero-order valence-corrected chi connectivity index (χ0v) is 23.9. The third kappa shape index (κ3) is 6.05. The van der Waals surface area contributed by atoms with Crippen LogP contribution in [0.4, 0.5) is 25.2 Å². The summed E-state index contributed by atoms with van der Waals surface area (Å²) >= 11 is 5.91. The molecule has 0 unspecified atom stereocenters.